The van der Waals surface area contributed by atoms with E-state index in [1.807, 2.05) is 12.1 Å². The van der Waals surface area contributed by atoms with E-state index in [2.05, 4.69) is 21.6 Å². The summed E-state index contributed by atoms with van der Waals surface area (Å²) in [6.45, 7) is 5.91. The fourth-order valence-electron chi connectivity index (χ4n) is 2.64. The number of carbonyl (C=O) groups is 1. The molecule has 0 bridgehead atoms. The molecule has 2 aliphatic heterocycles. The topological polar surface area (TPSA) is 53.6 Å². The van der Waals surface area contributed by atoms with Gasteiger partial charge in [-0.3, -0.25) is 4.79 Å². The summed E-state index contributed by atoms with van der Waals surface area (Å²) in [6.07, 6.45) is 1.42. The number of fused-ring (bicyclic) bond motifs is 1. The van der Waals surface area contributed by atoms with Crippen LogP contribution in [-0.2, 0) is 11.2 Å². The zero-order chi connectivity index (χ0) is 13.8. The highest BCUT2D eigenvalue weighted by Gasteiger charge is 2.14. The molecule has 5 nitrogen and oxygen atoms in total. The van der Waals surface area contributed by atoms with Crippen LogP contribution >= 0.6 is 0 Å². The van der Waals surface area contributed by atoms with Crippen LogP contribution in [-0.4, -0.2) is 50.1 Å². The number of rotatable bonds is 3. The Kier molecular flexibility index (Phi) is 4.18. The first-order valence-electron chi connectivity index (χ1n) is 7.30. The Bertz CT molecular complexity index is 484. The third-order valence-corrected chi connectivity index (χ3v) is 3.83. The van der Waals surface area contributed by atoms with Gasteiger partial charge in [0.05, 0.1) is 18.7 Å². The van der Waals surface area contributed by atoms with Gasteiger partial charge in [0.15, 0.2) is 0 Å². The van der Waals surface area contributed by atoms with Gasteiger partial charge in [0.1, 0.15) is 5.75 Å². The number of nitrogens with zero attached hydrogens (tertiary/aromatic N) is 1. The Morgan fingerprint density at radius 1 is 1.25 bits per heavy atom. The summed E-state index contributed by atoms with van der Waals surface area (Å²) in [7, 11) is 0. The summed E-state index contributed by atoms with van der Waals surface area (Å²) in [4.78, 5) is 14.0. The van der Waals surface area contributed by atoms with Crippen LogP contribution < -0.4 is 15.4 Å². The molecule has 1 amide bonds. The number of carbonyl (C=O) groups excluding carboxylic acids is 1. The predicted molar refractivity (Wildman–Crippen MR) is 78.2 cm³/mol. The van der Waals surface area contributed by atoms with Crippen molar-refractivity contribution in [2.24, 2.45) is 0 Å². The molecular formula is C15H21N3O2. The number of benzene rings is 1. The van der Waals surface area contributed by atoms with Gasteiger partial charge < -0.3 is 20.3 Å². The molecule has 5 heteroatoms. The zero-order valence-corrected chi connectivity index (χ0v) is 11.7. The van der Waals surface area contributed by atoms with Gasteiger partial charge in [-0.25, -0.2) is 0 Å². The normalized spacial score (nSPS) is 19.7. The standard InChI is InChI=1S/C15H21N3O2/c19-15-4-10-20-14-2-1-12(11-13(14)17-15)3-7-18-8-5-16-6-9-18/h1-2,11,16H,3-10H2,(H,17,19). The first kappa shape index (κ1) is 13.4. The molecule has 108 valence electrons. The monoisotopic (exact) mass is 275 g/mol. The summed E-state index contributed by atoms with van der Waals surface area (Å²) in [6, 6.07) is 6.10. The highest BCUT2D eigenvalue weighted by Crippen LogP contribution is 2.28. The van der Waals surface area contributed by atoms with E-state index in [0.717, 1.165) is 50.6 Å². The van der Waals surface area contributed by atoms with Crippen molar-refractivity contribution in [3.63, 3.8) is 0 Å². The summed E-state index contributed by atoms with van der Waals surface area (Å²) < 4.78 is 5.57. The molecule has 1 aromatic rings. The van der Waals surface area contributed by atoms with E-state index in [9.17, 15) is 4.79 Å². The number of hydrogen-bond donors (Lipinski definition) is 2. The van der Waals surface area contributed by atoms with E-state index < -0.39 is 0 Å². The number of piperazine rings is 1. The number of anilines is 1. The van der Waals surface area contributed by atoms with Gasteiger partial charge in [0, 0.05) is 32.7 Å². The Labute approximate surface area is 119 Å². The van der Waals surface area contributed by atoms with Gasteiger partial charge in [-0.05, 0) is 24.1 Å². The summed E-state index contributed by atoms with van der Waals surface area (Å²) >= 11 is 0. The van der Waals surface area contributed by atoms with E-state index >= 15 is 0 Å². The van der Waals surface area contributed by atoms with Crippen LogP contribution in [0.25, 0.3) is 0 Å². The third kappa shape index (κ3) is 3.29. The third-order valence-electron chi connectivity index (χ3n) is 3.83. The van der Waals surface area contributed by atoms with Crippen molar-refractivity contribution in [2.45, 2.75) is 12.8 Å². The number of nitrogens with one attached hydrogen (secondary N) is 2. The Morgan fingerprint density at radius 2 is 2.10 bits per heavy atom. The largest absolute Gasteiger partial charge is 0.491 e. The lowest BCUT2D eigenvalue weighted by Crippen LogP contribution is -2.44. The van der Waals surface area contributed by atoms with E-state index in [4.69, 9.17) is 4.74 Å². The Hall–Kier alpha value is -1.59. The van der Waals surface area contributed by atoms with E-state index in [1.54, 1.807) is 0 Å². The highest BCUT2D eigenvalue weighted by atomic mass is 16.5. The lowest BCUT2D eigenvalue weighted by molar-refractivity contribution is -0.116. The molecule has 0 aliphatic carbocycles. The second-order valence-electron chi connectivity index (χ2n) is 5.32. The predicted octanol–water partition coefficient (Wildman–Crippen LogP) is 0.855. The minimum Gasteiger partial charge on any atom is -0.491 e. The Morgan fingerprint density at radius 3 is 2.95 bits per heavy atom. The van der Waals surface area contributed by atoms with Gasteiger partial charge in [-0.2, -0.15) is 0 Å². The molecule has 0 spiro atoms. The number of hydrogen-bond acceptors (Lipinski definition) is 4. The lowest BCUT2D eigenvalue weighted by atomic mass is 10.1. The van der Waals surface area contributed by atoms with Gasteiger partial charge >= 0.3 is 0 Å². The molecule has 1 saturated heterocycles. The molecule has 0 atom stereocenters. The maximum atomic E-state index is 11.6. The summed E-state index contributed by atoms with van der Waals surface area (Å²) in [5, 5.41) is 6.27. The average Bonchev–Trinajstić information content (AvgIpc) is 2.66. The molecule has 2 N–H and O–H groups in total. The van der Waals surface area contributed by atoms with Crippen molar-refractivity contribution in [3.8, 4) is 5.75 Å². The van der Waals surface area contributed by atoms with E-state index in [0.29, 0.717) is 13.0 Å². The summed E-state index contributed by atoms with van der Waals surface area (Å²) in [5.41, 5.74) is 2.05. The quantitative estimate of drug-likeness (QED) is 0.859. The fraction of sp³-hybridized carbons (Fsp3) is 0.533. The maximum absolute atomic E-state index is 11.6. The first-order valence-corrected chi connectivity index (χ1v) is 7.30. The second kappa shape index (κ2) is 6.24. The van der Waals surface area contributed by atoms with Crippen molar-refractivity contribution in [1.82, 2.24) is 10.2 Å². The lowest BCUT2D eigenvalue weighted by Gasteiger charge is -2.27. The first-order chi connectivity index (χ1) is 9.81. The maximum Gasteiger partial charge on any atom is 0.227 e. The van der Waals surface area contributed by atoms with Crippen LogP contribution in [0.5, 0.6) is 5.75 Å². The molecule has 20 heavy (non-hydrogen) atoms. The average molecular weight is 275 g/mol. The van der Waals surface area contributed by atoms with Crippen LogP contribution in [0.4, 0.5) is 5.69 Å². The van der Waals surface area contributed by atoms with E-state index in [-0.39, 0.29) is 5.91 Å². The highest BCUT2D eigenvalue weighted by molar-refractivity contribution is 5.93. The van der Waals surface area contributed by atoms with Gasteiger partial charge in [-0.15, -0.1) is 0 Å². The molecular weight excluding hydrogens is 254 g/mol. The molecule has 3 rings (SSSR count). The molecule has 0 unspecified atom stereocenters. The van der Waals surface area contributed by atoms with Crippen molar-refractivity contribution in [1.29, 1.82) is 0 Å². The van der Waals surface area contributed by atoms with Crippen LogP contribution in [0.1, 0.15) is 12.0 Å². The number of amides is 1. The van der Waals surface area contributed by atoms with Gasteiger partial charge in [-0.1, -0.05) is 6.07 Å². The molecule has 0 radical (unpaired) electrons. The van der Waals surface area contributed by atoms with Crippen molar-refractivity contribution in [2.75, 3.05) is 44.6 Å². The molecule has 0 saturated carbocycles. The van der Waals surface area contributed by atoms with Crippen molar-refractivity contribution >= 4 is 11.6 Å². The van der Waals surface area contributed by atoms with Gasteiger partial charge in [0.2, 0.25) is 5.91 Å². The summed E-state index contributed by atoms with van der Waals surface area (Å²) in [5.74, 6) is 0.810. The minimum atomic E-state index is 0.0306. The minimum absolute atomic E-state index is 0.0306. The van der Waals surface area contributed by atoms with Crippen LogP contribution in [0.3, 0.4) is 0 Å². The molecule has 2 heterocycles. The molecule has 0 aromatic heterocycles. The molecule has 2 aliphatic rings. The van der Waals surface area contributed by atoms with Gasteiger partial charge in [0.25, 0.3) is 0 Å². The fourth-order valence-corrected chi connectivity index (χ4v) is 2.64. The molecule has 1 aromatic carbocycles. The van der Waals surface area contributed by atoms with Crippen LogP contribution in [0, 0.1) is 0 Å². The molecule has 1 fully saturated rings. The number of ether oxygens (including phenoxy) is 1. The smallest absolute Gasteiger partial charge is 0.227 e. The Balaban J connectivity index is 1.63. The SMILES string of the molecule is O=C1CCOc2ccc(CCN3CCNCC3)cc2N1. The van der Waals surface area contributed by atoms with Crippen molar-refractivity contribution < 1.29 is 9.53 Å². The zero-order valence-electron chi connectivity index (χ0n) is 11.7. The van der Waals surface area contributed by atoms with Crippen molar-refractivity contribution in [3.05, 3.63) is 23.8 Å². The van der Waals surface area contributed by atoms with E-state index in [1.165, 1.54) is 5.56 Å². The van der Waals surface area contributed by atoms with Crippen LogP contribution in [0.15, 0.2) is 18.2 Å². The van der Waals surface area contributed by atoms with Crippen LogP contribution in [0.2, 0.25) is 0 Å². The second-order valence-corrected chi connectivity index (χ2v) is 5.32.